The van der Waals surface area contributed by atoms with Gasteiger partial charge in [-0.3, -0.25) is 9.59 Å². The predicted molar refractivity (Wildman–Crippen MR) is 76.7 cm³/mol. The molecule has 0 spiro atoms. The Morgan fingerprint density at radius 2 is 1.95 bits per heavy atom. The first-order valence-electron chi connectivity index (χ1n) is 6.18. The Bertz CT molecular complexity index is 431. The Balaban J connectivity index is 2.41. The van der Waals surface area contributed by atoms with Crippen LogP contribution in [0.3, 0.4) is 0 Å². The molecule has 0 saturated carbocycles. The number of nitrogens with one attached hydrogen (secondary N) is 1. The van der Waals surface area contributed by atoms with Gasteiger partial charge in [-0.1, -0.05) is 35.0 Å². The second kappa shape index (κ2) is 7.94. The summed E-state index contributed by atoms with van der Waals surface area (Å²) in [5.41, 5.74) is 1.13. The van der Waals surface area contributed by atoms with Gasteiger partial charge < -0.3 is 10.1 Å². The molecule has 0 saturated heterocycles. The summed E-state index contributed by atoms with van der Waals surface area (Å²) in [5, 5.41) is 2.76. The maximum atomic E-state index is 11.8. The van der Waals surface area contributed by atoms with Crippen molar-refractivity contribution >= 4 is 27.8 Å². The Kier molecular flexibility index (Phi) is 6.56. The Labute approximate surface area is 121 Å². The minimum atomic E-state index is -0.713. The standard InChI is InChI=1S/C14H18BrNO3/c1-3-12(14(18)19-2)13(17)16-9-8-10-4-6-11(15)7-5-10/h4-7,12H,3,8-9H2,1-2H3,(H,16,17). The van der Waals surface area contributed by atoms with Gasteiger partial charge >= 0.3 is 5.97 Å². The van der Waals surface area contributed by atoms with Crippen LogP contribution < -0.4 is 5.32 Å². The molecule has 1 N–H and O–H groups in total. The number of methoxy groups -OCH3 is 1. The molecule has 5 heteroatoms. The normalized spacial score (nSPS) is 11.7. The van der Waals surface area contributed by atoms with Crippen LogP contribution >= 0.6 is 15.9 Å². The second-order valence-corrected chi connectivity index (χ2v) is 5.07. The van der Waals surface area contributed by atoms with Crippen LogP contribution in [0.5, 0.6) is 0 Å². The third kappa shape index (κ3) is 5.03. The first-order chi connectivity index (χ1) is 9.08. The van der Waals surface area contributed by atoms with Crippen molar-refractivity contribution in [3.8, 4) is 0 Å². The van der Waals surface area contributed by atoms with Crippen LogP contribution in [-0.2, 0) is 20.7 Å². The summed E-state index contributed by atoms with van der Waals surface area (Å²) < 4.78 is 5.62. The highest BCUT2D eigenvalue weighted by atomic mass is 79.9. The minimum absolute atomic E-state index is 0.272. The number of amides is 1. The highest BCUT2D eigenvalue weighted by molar-refractivity contribution is 9.10. The zero-order valence-corrected chi connectivity index (χ0v) is 12.7. The van der Waals surface area contributed by atoms with Gasteiger partial charge in [-0.15, -0.1) is 0 Å². The number of hydrogen-bond acceptors (Lipinski definition) is 3. The summed E-state index contributed by atoms with van der Waals surface area (Å²) in [5.74, 6) is -1.47. The van der Waals surface area contributed by atoms with Gasteiger partial charge in [-0.25, -0.2) is 0 Å². The lowest BCUT2D eigenvalue weighted by Crippen LogP contribution is -2.36. The van der Waals surface area contributed by atoms with Gasteiger partial charge in [0.1, 0.15) is 5.92 Å². The highest BCUT2D eigenvalue weighted by Gasteiger charge is 2.24. The molecule has 0 bridgehead atoms. The quantitative estimate of drug-likeness (QED) is 0.644. The summed E-state index contributed by atoms with van der Waals surface area (Å²) in [6.07, 6.45) is 1.17. The molecule has 0 aliphatic carbocycles. The molecule has 1 unspecified atom stereocenters. The zero-order valence-electron chi connectivity index (χ0n) is 11.1. The fourth-order valence-electron chi connectivity index (χ4n) is 1.71. The van der Waals surface area contributed by atoms with E-state index in [2.05, 4.69) is 26.0 Å². The van der Waals surface area contributed by atoms with E-state index in [0.717, 1.165) is 16.5 Å². The lowest BCUT2D eigenvalue weighted by atomic mass is 10.1. The molecular formula is C14H18BrNO3. The molecule has 0 radical (unpaired) electrons. The summed E-state index contributed by atoms with van der Waals surface area (Å²) in [4.78, 5) is 23.2. The molecule has 1 rings (SSSR count). The van der Waals surface area contributed by atoms with Gasteiger partial charge in [0, 0.05) is 11.0 Å². The fraction of sp³-hybridized carbons (Fsp3) is 0.429. The van der Waals surface area contributed by atoms with Crippen LogP contribution in [-0.4, -0.2) is 25.5 Å². The number of carbonyl (C=O) groups is 2. The maximum absolute atomic E-state index is 11.8. The first-order valence-corrected chi connectivity index (χ1v) is 6.97. The van der Waals surface area contributed by atoms with E-state index < -0.39 is 11.9 Å². The number of halogens is 1. The topological polar surface area (TPSA) is 55.4 Å². The van der Waals surface area contributed by atoms with Crippen molar-refractivity contribution in [1.82, 2.24) is 5.32 Å². The highest BCUT2D eigenvalue weighted by Crippen LogP contribution is 2.10. The van der Waals surface area contributed by atoms with Crippen LogP contribution in [0, 0.1) is 5.92 Å². The molecule has 0 aliphatic heterocycles. The average molecular weight is 328 g/mol. The number of benzene rings is 1. The van der Waals surface area contributed by atoms with Crippen LogP contribution in [0.4, 0.5) is 0 Å². The molecule has 0 heterocycles. The van der Waals surface area contributed by atoms with Crippen molar-refractivity contribution in [2.24, 2.45) is 5.92 Å². The Morgan fingerprint density at radius 3 is 2.47 bits per heavy atom. The van der Waals surface area contributed by atoms with E-state index in [0.29, 0.717) is 13.0 Å². The molecular weight excluding hydrogens is 310 g/mol. The number of hydrogen-bond donors (Lipinski definition) is 1. The van der Waals surface area contributed by atoms with E-state index >= 15 is 0 Å². The molecule has 4 nitrogen and oxygen atoms in total. The smallest absolute Gasteiger partial charge is 0.318 e. The number of rotatable bonds is 6. The predicted octanol–water partition coefficient (Wildman–Crippen LogP) is 2.31. The number of carbonyl (C=O) groups excluding carboxylic acids is 2. The summed E-state index contributed by atoms with van der Waals surface area (Å²) in [6.45, 7) is 2.30. The second-order valence-electron chi connectivity index (χ2n) is 4.15. The third-order valence-electron chi connectivity index (χ3n) is 2.84. The van der Waals surface area contributed by atoms with Crippen molar-refractivity contribution in [2.45, 2.75) is 19.8 Å². The van der Waals surface area contributed by atoms with Crippen molar-refractivity contribution in [3.05, 3.63) is 34.3 Å². The van der Waals surface area contributed by atoms with Gasteiger partial charge in [0.05, 0.1) is 7.11 Å². The van der Waals surface area contributed by atoms with Crippen molar-refractivity contribution in [2.75, 3.05) is 13.7 Å². The molecule has 0 aromatic heterocycles. The van der Waals surface area contributed by atoms with Crippen molar-refractivity contribution in [1.29, 1.82) is 0 Å². The molecule has 1 atom stereocenters. The largest absolute Gasteiger partial charge is 0.468 e. The number of ether oxygens (including phenoxy) is 1. The summed E-state index contributed by atoms with van der Waals surface area (Å²) in [7, 11) is 1.29. The van der Waals surface area contributed by atoms with Gasteiger partial charge in [0.25, 0.3) is 0 Å². The molecule has 19 heavy (non-hydrogen) atoms. The van der Waals surface area contributed by atoms with Crippen LogP contribution in [0.25, 0.3) is 0 Å². The molecule has 104 valence electrons. The Hall–Kier alpha value is -1.36. The molecule has 1 aromatic rings. The van der Waals surface area contributed by atoms with Crippen LogP contribution in [0.2, 0.25) is 0 Å². The van der Waals surface area contributed by atoms with Crippen molar-refractivity contribution < 1.29 is 14.3 Å². The molecule has 0 aliphatic rings. The van der Waals surface area contributed by atoms with Gasteiger partial charge in [0.2, 0.25) is 5.91 Å². The van der Waals surface area contributed by atoms with E-state index in [1.165, 1.54) is 7.11 Å². The molecule has 1 aromatic carbocycles. The fourth-order valence-corrected chi connectivity index (χ4v) is 1.97. The lowest BCUT2D eigenvalue weighted by Gasteiger charge is -2.12. The zero-order chi connectivity index (χ0) is 14.3. The summed E-state index contributed by atoms with van der Waals surface area (Å²) in [6, 6.07) is 7.91. The van der Waals surface area contributed by atoms with E-state index in [9.17, 15) is 9.59 Å². The van der Waals surface area contributed by atoms with E-state index in [4.69, 9.17) is 0 Å². The third-order valence-corrected chi connectivity index (χ3v) is 3.37. The van der Waals surface area contributed by atoms with Crippen LogP contribution in [0.1, 0.15) is 18.9 Å². The number of esters is 1. The van der Waals surface area contributed by atoms with Gasteiger partial charge in [0.15, 0.2) is 0 Å². The maximum Gasteiger partial charge on any atom is 0.318 e. The SMILES string of the molecule is CCC(C(=O)NCCc1ccc(Br)cc1)C(=O)OC. The van der Waals surface area contributed by atoms with E-state index in [-0.39, 0.29) is 5.91 Å². The average Bonchev–Trinajstić information content (AvgIpc) is 2.41. The van der Waals surface area contributed by atoms with Crippen LogP contribution in [0.15, 0.2) is 28.7 Å². The molecule has 1 amide bonds. The molecule has 0 fully saturated rings. The first kappa shape index (κ1) is 15.7. The van der Waals surface area contributed by atoms with Gasteiger partial charge in [-0.05, 0) is 30.5 Å². The monoisotopic (exact) mass is 327 g/mol. The lowest BCUT2D eigenvalue weighted by molar-refractivity contribution is -0.150. The van der Waals surface area contributed by atoms with Gasteiger partial charge in [-0.2, -0.15) is 0 Å². The Morgan fingerprint density at radius 1 is 1.32 bits per heavy atom. The van der Waals surface area contributed by atoms with Crippen molar-refractivity contribution in [3.63, 3.8) is 0 Å². The van der Waals surface area contributed by atoms with E-state index in [1.807, 2.05) is 24.3 Å². The van der Waals surface area contributed by atoms with E-state index in [1.54, 1.807) is 6.92 Å². The summed E-state index contributed by atoms with van der Waals surface area (Å²) >= 11 is 3.37. The minimum Gasteiger partial charge on any atom is -0.468 e.